The monoisotopic (exact) mass is 440 g/mol. The van der Waals surface area contributed by atoms with Gasteiger partial charge in [0.05, 0.1) is 12.9 Å². The van der Waals surface area contributed by atoms with E-state index >= 15 is 0 Å². The first-order valence-electron chi connectivity index (χ1n) is 10.2. The maximum atomic E-state index is 12.5. The van der Waals surface area contributed by atoms with E-state index in [4.69, 9.17) is 9.47 Å². The molecule has 0 saturated heterocycles. The smallest absolute Gasteiger partial charge is 0.234 e. The molecule has 0 aliphatic carbocycles. The van der Waals surface area contributed by atoms with Gasteiger partial charge in [-0.05, 0) is 48.7 Å². The molecular formula is C23H28N4O3S. The molecule has 3 rings (SSSR count). The van der Waals surface area contributed by atoms with Crippen LogP contribution in [0, 0.1) is 0 Å². The molecule has 1 amide bonds. The molecule has 2 aromatic carbocycles. The number of nitrogens with zero attached hydrogens (tertiary/aromatic N) is 3. The van der Waals surface area contributed by atoms with Gasteiger partial charge >= 0.3 is 0 Å². The van der Waals surface area contributed by atoms with Crippen LogP contribution in [0.4, 0.5) is 5.69 Å². The molecule has 8 heteroatoms. The van der Waals surface area contributed by atoms with Crippen molar-refractivity contribution >= 4 is 23.4 Å². The molecule has 3 aromatic rings. The van der Waals surface area contributed by atoms with Crippen molar-refractivity contribution in [3.63, 3.8) is 0 Å². The van der Waals surface area contributed by atoms with Crippen molar-refractivity contribution in [2.24, 2.45) is 0 Å². The predicted molar refractivity (Wildman–Crippen MR) is 123 cm³/mol. The third kappa shape index (κ3) is 6.01. The van der Waals surface area contributed by atoms with Crippen LogP contribution in [-0.4, -0.2) is 33.5 Å². The van der Waals surface area contributed by atoms with Crippen molar-refractivity contribution in [1.29, 1.82) is 0 Å². The summed E-state index contributed by atoms with van der Waals surface area (Å²) in [6.45, 7) is 7.22. The molecule has 1 heterocycles. The Balaban J connectivity index is 1.58. The molecule has 0 aliphatic rings. The zero-order valence-corrected chi connectivity index (χ0v) is 19.1. The minimum atomic E-state index is -0.0696. The first-order chi connectivity index (χ1) is 15.0. The molecule has 31 heavy (non-hydrogen) atoms. The van der Waals surface area contributed by atoms with Gasteiger partial charge in [-0.1, -0.05) is 43.8 Å². The lowest BCUT2D eigenvalue weighted by molar-refractivity contribution is -0.113. The second-order valence-electron chi connectivity index (χ2n) is 7.19. The standard InChI is InChI=1S/C23H28N4O3S/c1-5-27-21(14-30-18-12-10-17(29-4)11-13-18)25-26-23(27)31-15-22(28)24-20-9-7-6-8-19(20)16(2)3/h6-13,16H,5,14-15H2,1-4H3,(H,24,28). The van der Waals surface area contributed by atoms with Crippen LogP contribution in [-0.2, 0) is 17.9 Å². The molecule has 0 saturated carbocycles. The summed E-state index contributed by atoms with van der Waals surface area (Å²) in [5.41, 5.74) is 1.98. The molecule has 0 unspecified atom stereocenters. The normalized spacial score (nSPS) is 10.9. The fraction of sp³-hybridized carbons (Fsp3) is 0.348. The van der Waals surface area contributed by atoms with Gasteiger partial charge in [0.1, 0.15) is 18.1 Å². The van der Waals surface area contributed by atoms with Crippen molar-refractivity contribution in [2.45, 2.75) is 45.0 Å². The molecule has 0 bridgehead atoms. The average molecular weight is 441 g/mol. The topological polar surface area (TPSA) is 78.3 Å². The first-order valence-corrected chi connectivity index (χ1v) is 11.2. The summed E-state index contributed by atoms with van der Waals surface area (Å²) in [5, 5.41) is 12.2. The summed E-state index contributed by atoms with van der Waals surface area (Å²) in [5.74, 6) is 2.73. The van der Waals surface area contributed by atoms with E-state index in [9.17, 15) is 4.79 Å². The zero-order valence-electron chi connectivity index (χ0n) is 18.3. The summed E-state index contributed by atoms with van der Waals surface area (Å²) < 4.78 is 12.9. The average Bonchev–Trinajstić information content (AvgIpc) is 3.18. The Morgan fingerprint density at radius 3 is 2.48 bits per heavy atom. The van der Waals surface area contributed by atoms with Gasteiger partial charge in [0.25, 0.3) is 0 Å². The summed E-state index contributed by atoms with van der Waals surface area (Å²) in [4.78, 5) is 12.5. The van der Waals surface area contributed by atoms with Gasteiger partial charge in [-0.15, -0.1) is 10.2 Å². The van der Waals surface area contributed by atoms with Crippen molar-refractivity contribution in [2.75, 3.05) is 18.2 Å². The van der Waals surface area contributed by atoms with Gasteiger partial charge in [-0.2, -0.15) is 0 Å². The highest BCUT2D eigenvalue weighted by Gasteiger charge is 2.15. The minimum Gasteiger partial charge on any atom is -0.497 e. The van der Waals surface area contributed by atoms with E-state index < -0.39 is 0 Å². The first kappa shape index (κ1) is 22.7. The quantitative estimate of drug-likeness (QED) is 0.459. The number of anilines is 1. The van der Waals surface area contributed by atoms with Gasteiger partial charge < -0.3 is 19.4 Å². The lowest BCUT2D eigenvalue weighted by Gasteiger charge is -2.13. The number of carbonyl (C=O) groups excluding carboxylic acids is 1. The molecule has 1 N–H and O–H groups in total. The van der Waals surface area contributed by atoms with Crippen LogP contribution in [0.1, 0.15) is 38.1 Å². The number of aromatic nitrogens is 3. The summed E-state index contributed by atoms with van der Waals surface area (Å²) >= 11 is 1.37. The number of thioether (sulfide) groups is 1. The Labute approximate surface area is 187 Å². The number of ether oxygens (including phenoxy) is 2. The Morgan fingerprint density at radius 1 is 1.10 bits per heavy atom. The number of hydrogen-bond donors (Lipinski definition) is 1. The molecule has 7 nitrogen and oxygen atoms in total. The van der Waals surface area contributed by atoms with Gasteiger partial charge in [-0.3, -0.25) is 4.79 Å². The summed E-state index contributed by atoms with van der Waals surface area (Å²) in [6.07, 6.45) is 0. The van der Waals surface area contributed by atoms with E-state index in [1.165, 1.54) is 11.8 Å². The van der Waals surface area contributed by atoms with E-state index in [0.717, 1.165) is 22.7 Å². The summed E-state index contributed by atoms with van der Waals surface area (Å²) in [6, 6.07) is 15.3. The number of para-hydroxylation sites is 1. The Hall–Kier alpha value is -3.00. The number of hydrogen-bond acceptors (Lipinski definition) is 6. The van der Waals surface area contributed by atoms with Crippen LogP contribution in [0.3, 0.4) is 0 Å². The maximum absolute atomic E-state index is 12.5. The highest BCUT2D eigenvalue weighted by atomic mass is 32.2. The van der Waals surface area contributed by atoms with Crippen LogP contribution in [0.5, 0.6) is 11.5 Å². The van der Waals surface area contributed by atoms with E-state index in [2.05, 4.69) is 29.4 Å². The number of nitrogens with one attached hydrogen (secondary N) is 1. The second-order valence-corrected chi connectivity index (χ2v) is 8.13. The fourth-order valence-electron chi connectivity index (χ4n) is 3.10. The highest BCUT2D eigenvalue weighted by molar-refractivity contribution is 7.99. The molecule has 0 aliphatic heterocycles. The third-order valence-electron chi connectivity index (χ3n) is 4.73. The van der Waals surface area contributed by atoms with Crippen LogP contribution in [0.2, 0.25) is 0 Å². The highest BCUT2D eigenvalue weighted by Crippen LogP contribution is 2.25. The molecule has 164 valence electrons. The largest absolute Gasteiger partial charge is 0.497 e. The SMILES string of the molecule is CCn1c(COc2ccc(OC)cc2)nnc1SCC(=O)Nc1ccccc1C(C)C. The van der Waals surface area contributed by atoms with Gasteiger partial charge in [0, 0.05) is 12.2 Å². The van der Waals surface area contributed by atoms with Gasteiger partial charge in [0.2, 0.25) is 5.91 Å². The van der Waals surface area contributed by atoms with Crippen molar-refractivity contribution in [3.8, 4) is 11.5 Å². The number of rotatable bonds is 10. The van der Waals surface area contributed by atoms with Crippen LogP contribution in [0.25, 0.3) is 0 Å². The molecule has 0 atom stereocenters. The van der Waals surface area contributed by atoms with Crippen LogP contribution >= 0.6 is 11.8 Å². The van der Waals surface area contributed by atoms with Crippen LogP contribution < -0.4 is 14.8 Å². The minimum absolute atomic E-state index is 0.0696. The molecular weight excluding hydrogens is 412 g/mol. The lowest BCUT2D eigenvalue weighted by Crippen LogP contribution is -2.16. The number of methoxy groups -OCH3 is 1. The Kier molecular flexibility index (Phi) is 7.94. The van der Waals surface area contributed by atoms with Crippen molar-refractivity contribution in [1.82, 2.24) is 14.8 Å². The molecule has 0 spiro atoms. The molecule has 1 aromatic heterocycles. The molecule has 0 fully saturated rings. The number of carbonyl (C=O) groups is 1. The zero-order chi connectivity index (χ0) is 22.2. The van der Waals surface area contributed by atoms with E-state index in [1.807, 2.05) is 60.0 Å². The predicted octanol–water partition coefficient (Wildman–Crippen LogP) is 4.74. The van der Waals surface area contributed by atoms with E-state index in [1.54, 1.807) is 7.11 Å². The van der Waals surface area contributed by atoms with E-state index in [0.29, 0.717) is 30.1 Å². The van der Waals surface area contributed by atoms with Crippen molar-refractivity contribution < 1.29 is 14.3 Å². The third-order valence-corrected chi connectivity index (χ3v) is 5.69. The van der Waals surface area contributed by atoms with Crippen LogP contribution in [0.15, 0.2) is 53.7 Å². The Morgan fingerprint density at radius 2 is 1.81 bits per heavy atom. The summed E-state index contributed by atoms with van der Waals surface area (Å²) in [7, 11) is 1.63. The number of benzene rings is 2. The van der Waals surface area contributed by atoms with Gasteiger partial charge in [0.15, 0.2) is 11.0 Å². The van der Waals surface area contributed by atoms with Crippen molar-refractivity contribution in [3.05, 3.63) is 59.9 Å². The van der Waals surface area contributed by atoms with E-state index in [-0.39, 0.29) is 11.7 Å². The van der Waals surface area contributed by atoms with Gasteiger partial charge in [-0.25, -0.2) is 0 Å². The second kappa shape index (κ2) is 10.9. The molecule has 0 radical (unpaired) electrons. The fourth-order valence-corrected chi connectivity index (χ4v) is 3.92. The number of amides is 1. The lowest BCUT2D eigenvalue weighted by atomic mass is 10.0. The Bertz CT molecular complexity index is 1000. The maximum Gasteiger partial charge on any atom is 0.234 e.